The Hall–Kier alpha value is -2.42. The smallest absolute Gasteiger partial charge is 0.117 e. The highest BCUT2D eigenvalue weighted by Gasteiger charge is 2.09. The van der Waals surface area contributed by atoms with E-state index in [0.717, 1.165) is 26.4 Å². The molecule has 0 aliphatic carbocycles. The summed E-state index contributed by atoms with van der Waals surface area (Å²) >= 11 is 1.43. The van der Waals surface area contributed by atoms with Gasteiger partial charge in [-0.05, 0) is 23.8 Å². The van der Waals surface area contributed by atoms with Crippen LogP contribution in [0, 0.1) is 11.3 Å². The van der Waals surface area contributed by atoms with Gasteiger partial charge in [0.25, 0.3) is 0 Å². The fourth-order valence-corrected chi connectivity index (χ4v) is 2.96. The van der Waals surface area contributed by atoms with E-state index in [1.54, 1.807) is 6.07 Å². The minimum atomic E-state index is -0.0733. The summed E-state index contributed by atoms with van der Waals surface area (Å²) in [4.78, 5) is 9.36. The van der Waals surface area contributed by atoms with E-state index >= 15 is 0 Å². The highest BCUT2D eigenvalue weighted by atomic mass is 32.2. The van der Waals surface area contributed by atoms with E-state index in [2.05, 4.69) is 16.0 Å². The molecule has 0 unspecified atom stereocenters. The van der Waals surface area contributed by atoms with Gasteiger partial charge in [0.05, 0.1) is 17.7 Å². The number of hydrogen-bond acceptors (Lipinski definition) is 5. The average Bonchev–Trinajstić information content (AvgIpc) is 2.55. The van der Waals surface area contributed by atoms with Gasteiger partial charge in [-0.25, -0.2) is 9.97 Å². The van der Waals surface area contributed by atoms with Crippen LogP contribution in [0.5, 0.6) is 0 Å². The maximum atomic E-state index is 9.25. The Kier molecular flexibility index (Phi) is 3.82. The molecule has 0 bridgehead atoms. The van der Waals surface area contributed by atoms with E-state index in [9.17, 15) is 5.26 Å². The maximum Gasteiger partial charge on any atom is 0.117 e. The first-order valence-electron chi connectivity index (χ1n) is 6.33. The van der Waals surface area contributed by atoms with Crippen molar-refractivity contribution in [1.29, 1.82) is 5.26 Å². The number of para-hydroxylation sites is 1. The molecule has 0 radical (unpaired) electrons. The molecule has 0 fully saturated rings. The van der Waals surface area contributed by atoms with Gasteiger partial charge >= 0.3 is 0 Å². The molecule has 0 saturated carbocycles. The Morgan fingerprint density at radius 1 is 1.14 bits per heavy atom. The topological polar surface area (TPSA) is 69.8 Å². The van der Waals surface area contributed by atoms with Crippen molar-refractivity contribution in [2.45, 2.75) is 16.5 Å². The molecule has 2 aromatic carbocycles. The van der Waals surface area contributed by atoms with E-state index < -0.39 is 0 Å². The first-order chi connectivity index (χ1) is 10.3. The Balaban J connectivity index is 2.05. The molecular weight excluding hydrogens is 282 g/mol. The molecule has 1 heterocycles. The van der Waals surface area contributed by atoms with E-state index in [-0.39, 0.29) is 6.61 Å². The number of aromatic nitrogens is 2. The summed E-state index contributed by atoms with van der Waals surface area (Å²) in [5.74, 6) is 0. The number of aliphatic hydroxyl groups excluding tert-OH is 1. The lowest BCUT2D eigenvalue weighted by Crippen LogP contribution is -1.90. The van der Waals surface area contributed by atoms with Gasteiger partial charge in [-0.1, -0.05) is 36.0 Å². The van der Waals surface area contributed by atoms with Crippen molar-refractivity contribution in [2.24, 2.45) is 0 Å². The molecular formula is C16H11N3OS. The van der Waals surface area contributed by atoms with Gasteiger partial charge in [0.2, 0.25) is 0 Å². The molecule has 5 heteroatoms. The third kappa shape index (κ3) is 2.72. The Bertz CT molecular complexity index is 837. The number of hydrogen-bond donors (Lipinski definition) is 1. The summed E-state index contributed by atoms with van der Waals surface area (Å²) in [6, 6.07) is 15.3. The van der Waals surface area contributed by atoms with E-state index in [4.69, 9.17) is 5.11 Å². The lowest BCUT2D eigenvalue weighted by molar-refractivity contribution is 0.281. The summed E-state index contributed by atoms with van der Waals surface area (Å²) in [5.41, 5.74) is 2.14. The molecule has 0 aliphatic heterocycles. The monoisotopic (exact) mass is 293 g/mol. The minimum absolute atomic E-state index is 0.0733. The highest BCUT2D eigenvalue weighted by molar-refractivity contribution is 7.99. The van der Waals surface area contributed by atoms with Crippen molar-refractivity contribution in [3.05, 3.63) is 59.9 Å². The predicted molar refractivity (Wildman–Crippen MR) is 80.7 cm³/mol. The number of nitrogens with zero attached hydrogens (tertiary/aromatic N) is 3. The molecule has 1 N–H and O–H groups in total. The van der Waals surface area contributed by atoms with Gasteiger partial charge in [-0.15, -0.1) is 0 Å². The van der Waals surface area contributed by atoms with Crippen LogP contribution in [0.15, 0.2) is 58.7 Å². The van der Waals surface area contributed by atoms with Crippen LogP contribution in [0.2, 0.25) is 0 Å². The standard InChI is InChI=1S/C16H11N3OS/c17-8-12-7-11(9-20)5-6-15(12)21-16-13-3-1-2-4-14(13)18-10-19-16/h1-7,10,20H,9H2. The first kappa shape index (κ1) is 13.6. The number of benzene rings is 2. The average molecular weight is 293 g/mol. The quantitative estimate of drug-likeness (QED) is 0.751. The van der Waals surface area contributed by atoms with Crippen LogP contribution >= 0.6 is 11.8 Å². The van der Waals surface area contributed by atoms with Crippen LogP contribution in [0.4, 0.5) is 0 Å². The van der Waals surface area contributed by atoms with Crippen molar-refractivity contribution in [2.75, 3.05) is 0 Å². The van der Waals surface area contributed by atoms with E-state index in [0.29, 0.717) is 5.56 Å². The van der Waals surface area contributed by atoms with Gasteiger partial charge in [0, 0.05) is 10.3 Å². The molecule has 0 spiro atoms. The Morgan fingerprint density at radius 3 is 2.81 bits per heavy atom. The van der Waals surface area contributed by atoms with Gasteiger partial charge in [0.1, 0.15) is 17.4 Å². The molecule has 0 aliphatic rings. The van der Waals surface area contributed by atoms with Gasteiger partial charge in [-0.3, -0.25) is 0 Å². The maximum absolute atomic E-state index is 9.25. The van der Waals surface area contributed by atoms with E-state index in [1.807, 2.05) is 36.4 Å². The summed E-state index contributed by atoms with van der Waals surface area (Å²) in [6.45, 7) is -0.0733. The Labute approximate surface area is 126 Å². The van der Waals surface area contributed by atoms with Crippen LogP contribution < -0.4 is 0 Å². The number of nitriles is 1. The molecule has 1 aromatic heterocycles. The van der Waals surface area contributed by atoms with Crippen molar-refractivity contribution in [1.82, 2.24) is 9.97 Å². The van der Waals surface area contributed by atoms with Gasteiger partial charge < -0.3 is 5.11 Å². The SMILES string of the molecule is N#Cc1cc(CO)ccc1Sc1ncnc2ccccc12. The zero-order chi connectivity index (χ0) is 14.7. The highest BCUT2D eigenvalue weighted by Crippen LogP contribution is 2.33. The number of fused-ring (bicyclic) bond motifs is 1. The zero-order valence-electron chi connectivity index (χ0n) is 11.0. The largest absolute Gasteiger partial charge is 0.392 e. The lowest BCUT2D eigenvalue weighted by Gasteiger charge is -2.07. The second-order valence-electron chi connectivity index (χ2n) is 4.40. The third-order valence-electron chi connectivity index (χ3n) is 3.06. The summed E-state index contributed by atoms with van der Waals surface area (Å²) < 4.78 is 0. The van der Waals surface area contributed by atoms with Gasteiger partial charge in [0.15, 0.2) is 0 Å². The molecule has 3 rings (SSSR count). The minimum Gasteiger partial charge on any atom is -0.392 e. The van der Waals surface area contributed by atoms with E-state index in [1.165, 1.54) is 18.1 Å². The summed E-state index contributed by atoms with van der Waals surface area (Å²) in [5, 5.41) is 20.2. The number of rotatable bonds is 3. The molecule has 0 atom stereocenters. The van der Waals surface area contributed by atoms with Crippen molar-refractivity contribution in [3.63, 3.8) is 0 Å². The fourth-order valence-electron chi connectivity index (χ4n) is 2.02. The van der Waals surface area contributed by atoms with Crippen molar-refractivity contribution >= 4 is 22.7 Å². The summed E-state index contributed by atoms with van der Waals surface area (Å²) in [6.07, 6.45) is 1.53. The van der Waals surface area contributed by atoms with Gasteiger partial charge in [-0.2, -0.15) is 5.26 Å². The van der Waals surface area contributed by atoms with Crippen LogP contribution in [-0.4, -0.2) is 15.1 Å². The third-order valence-corrected chi connectivity index (χ3v) is 4.15. The molecule has 4 nitrogen and oxygen atoms in total. The molecule has 0 amide bonds. The zero-order valence-corrected chi connectivity index (χ0v) is 11.8. The second kappa shape index (κ2) is 5.92. The van der Waals surface area contributed by atoms with Crippen LogP contribution in [-0.2, 0) is 6.61 Å². The van der Waals surface area contributed by atoms with Crippen LogP contribution in [0.25, 0.3) is 10.9 Å². The first-order valence-corrected chi connectivity index (χ1v) is 7.15. The predicted octanol–water partition coefficient (Wildman–Crippen LogP) is 3.14. The van der Waals surface area contributed by atoms with Crippen molar-refractivity contribution < 1.29 is 5.11 Å². The summed E-state index contributed by atoms with van der Waals surface area (Å²) in [7, 11) is 0. The van der Waals surface area contributed by atoms with Crippen molar-refractivity contribution in [3.8, 4) is 6.07 Å². The normalized spacial score (nSPS) is 10.5. The Morgan fingerprint density at radius 2 is 2.00 bits per heavy atom. The number of aliphatic hydroxyl groups is 1. The van der Waals surface area contributed by atoms with Crippen LogP contribution in [0.1, 0.15) is 11.1 Å². The lowest BCUT2D eigenvalue weighted by atomic mass is 10.1. The molecule has 102 valence electrons. The fraction of sp³-hybridized carbons (Fsp3) is 0.0625. The second-order valence-corrected chi connectivity index (χ2v) is 5.43. The molecule has 0 saturated heterocycles. The molecule has 21 heavy (non-hydrogen) atoms. The van der Waals surface area contributed by atoms with Crippen LogP contribution in [0.3, 0.4) is 0 Å². The molecule has 3 aromatic rings.